The molecule has 2 aliphatic rings. The number of hydrogen-bond donors (Lipinski definition) is 2. The molecule has 0 spiro atoms. The van der Waals surface area contributed by atoms with E-state index in [2.05, 4.69) is 5.32 Å². The number of benzene rings is 2. The number of aromatic hydroxyl groups is 1. The van der Waals surface area contributed by atoms with Crippen LogP contribution in [-0.4, -0.2) is 37.2 Å². The van der Waals surface area contributed by atoms with E-state index in [1.807, 2.05) is 24.3 Å². The van der Waals surface area contributed by atoms with Crippen molar-refractivity contribution in [3.8, 4) is 17.2 Å². The second-order valence-electron chi connectivity index (χ2n) is 9.30. The van der Waals surface area contributed by atoms with Crippen LogP contribution >= 0.6 is 11.6 Å². The van der Waals surface area contributed by atoms with Crippen molar-refractivity contribution in [3.63, 3.8) is 0 Å². The molecule has 0 aromatic heterocycles. The molecule has 36 heavy (non-hydrogen) atoms. The summed E-state index contributed by atoms with van der Waals surface area (Å²) < 4.78 is 16.1. The first kappa shape index (κ1) is 25.6. The zero-order valence-electron chi connectivity index (χ0n) is 21.0. The Morgan fingerprint density at radius 3 is 2.39 bits per heavy atom. The van der Waals surface area contributed by atoms with Crippen LogP contribution in [0, 0.1) is 0 Å². The molecule has 4 rings (SSSR count). The molecular formula is C28H30ClNO6. The predicted molar refractivity (Wildman–Crippen MR) is 136 cm³/mol. The molecule has 0 unspecified atom stereocenters. The summed E-state index contributed by atoms with van der Waals surface area (Å²) in [6, 6.07) is 10.9. The zero-order chi connectivity index (χ0) is 26.1. The molecule has 8 heteroatoms. The molecule has 0 amide bonds. The number of nitrogens with one attached hydrogen (secondary N) is 1. The maximum atomic E-state index is 13.7. The van der Waals surface area contributed by atoms with E-state index in [0.29, 0.717) is 28.8 Å². The maximum Gasteiger partial charge on any atom is 0.337 e. The molecule has 190 valence electrons. The fraction of sp³-hybridized carbons (Fsp3) is 0.357. The summed E-state index contributed by atoms with van der Waals surface area (Å²) in [6.45, 7) is 5.35. The summed E-state index contributed by atoms with van der Waals surface area (Å²) in [4.78, 5) is 27.0. The van der Waals surface area contributed by atoms with Gasteiger partial charge in [0, 0.05) is 29.3 Å². The van der Waals surface area contributed by atoms with E-state index in [4.69, 9.17) is 25.8 Å². The van der Waals surface area contributed by atoms with E-state index in [1.54, 1.807) is 40.0 Å². The average Bonchev–Trinajstić information content (AvgIpc) is 2.84. The van der Waals surface area contributed by atoms with Gasteiger partial charge < -0.3 is 24.6 Å². The summed E-state index contributed by atoms with van der Waals surface area (Å²) in [5.74, 6) is -0.616. The number of phenolic OH excluding ortho intramolecular Hbond substituents is 1. The van der Waals surface area contributed by atoms with E-state index >= 15 is 0 Å². The van der Waals surface area contributed by atoms with Gasteiger partial charge in [0.1, 0.15) is 5.75 Å². The first-order chi connectivity index (χ1) is 17.1. The number of halogens is 1. The van der Waals surface area contributed by atoms with Gasteiger partial charge in [-0.1, -0.05) is 23.7 Å². The molecule has 0 saturated carbocycles. The Balaban J connectivity index is 1.83. The van der Waals surface area contributed by atoms with Crippen molar-refractivity contribution in [1.82, 2.24) is 5.32 Å². The molecule has 2 aromatic carbocycles. The lowest BCUT2D eigenvalue weighted by Gasteiger charge is -2.37. The zero-order valence-corrected chi connectivity index (χ0v) is 21.7. The number of hydrogen-bond acceptors (Lipinski definition) is 7. The number of ketones is 1. The van der Waals surface area contributed by atoms with Crippen LogP contribution in [0.25, 0.3) is 0 Å². The van der Waals surface area contributed by atoms with Crippen LogP contribution in [0.5, 0.6) is 17.2 Å². The topological polar surface area (TPSA) is 94.1 Å². The Bertz CT molecular complexity index is 1260. The Hall–Kier alpha value is -3.45. The molecule has 1 aliphatic heterocycles. The number of rotatable bonds is 6. The average molecular weight is 512 g/mol. The van der Waals surface area contributed by atoms with Gasteiger partial charge >= 0.3 is 5.97 Å². The van der Waals surface area contributed by atoms with Gasteiger partial charge in [-0.15, -0.1) is 0 Å². The van der Waals surface area contributed by atoms with E-state index in [9.17, 15) is 14.7 Å². The highest BCUT2D eigenvalue weighted by Crippen LogP contribution is 2.48. The van der Waals surface area contributed by atoms with Crippen molar-refractivity contribution in [2.24, 2.45) is 0 Å². The second-order valence-corrected chi connectivity index (χ2v) is 9.71. The summed E-state index contributed by atoms with van der Waals surface area (Å²) in [5, 5.41) is 13.7. The highest BCUT2D eigenvalue weighted by Gasteiger charge is 2.42. The second kappa shape index (κ2) is 10.3. The van der Waals surface area contributed by atoms with Gasteiger partial charge in [0.2, 0.25) is 0 Å². The third kappa shape index (κ3) is 4.80. The molecule has 2 aromatic rings. The molecule has 1 aliphatic carbocycles. The minimum atomic E-state index is -0.719. The van der Waals surface area contributed by atoms with E-state index < -0.39 is 11.9 Å². The highest BCUT2D eigenvalue weighted by atomic mass is 35.5. The quantitative estimate of drug-likeness (QED) is 0.503. The Labute approximate surface area is 215 Å². The van der Waals surface area contributed by atoms with Gasteiger partial charge in [-0.25, -0.2) is 4.79 Å². The molecular weight excluding hydrogens is 482 g/mol. The van der Waals surface area contributed by atoms with Gasteiger partial charge in [-0.2, -0.15) is 0 Å². The van der Waals surface area contributed by atoms with Crippen LogP contribution in [0.1, 0.15) is 56.6 Å². The Kier molecular flexibility index (Phi) is 7.31. The molecule has 0 radical (unpaired) electrons. The number of ether oxygens (including phenoxy) is 3. The molecule has 2 atom stereocenters. The summed E-state index contributed by atoms with van der Waals surface area (Å²) in [7, 11) is 3.03. The van der Waals surface area contributed by atoms with E-state index in [1.165, 1.54) is 7.11 Å². The van der Waals surface area contributed by atoms with Crippen LogP contribution in [0.2, 0.25) is 5.02 Å². The number of allylic oxidation sites excluding steroid dienone is 3. The number of carbonyl (C=O) groups excluding carboxylic acids is 2. The lowest BCUT2D eigenvalue weighted by atomic mass is 9.71. The third-order valence-corrected chi connectivity index (χ3v) is 6.87. The molecule has 0 bridgehead atoms. The van der Waals surface area contributed by atoms with Crippen LogP contribution in [0.3, 0.4) is 0 Å². The largest absolute Gasteiger partial charge is 0.503 e. The van der Waals surface area contributed by atoms with Gasteiger partial charge in [0.25, 0.3) is 0 Å². The number of phenols is 1. The molecule has 7 nitrogen and oxygen atoms in total. The predicted octanol–water partition coefficient (Wildman–Crippen LogP) is 5.38. The number of methoxy groups -OCH3 is 2. The van der Waals surface area contributed by atoms with Crippen LogP contribution < -0.4 is 14.8 Å². The fourth-order valence-electron chi connectivity index (χ4n) is 4.95. The van der Waals surface area contributed by atoms with Crippen LogP contribution in [-0.2, 0) is 14.3 Å². The maximum absolute atomic E-state index is 13.7. The fourth-order valence-corrected chi connectivity index (χ4v) is 5.17. The van der Waals surface area contributed by atoms with Crippen molar-refractivity contribution in [2.75, 3.05) is 14.2 Å². The lowest BCUT2D eigenvalue weighted by Crippen LogP contribution is -2.36. The summed E-state index contributed by atoms with van der Waals surface area (Å²) >= 11 is 6.32. The van der Waals surface area contributed by atoms with E-state index in [0.717, 1.165) is 17.0 Å². The number of Topliss-reactive ketones (excluding diaryl/α,β-unsaturated/α-hetero) is 1. The monoisotopic (exact) mass is 511 g/mol. The third-order valence-electron chi connectivity index (χ3n) is 6.58. The molecule has 0 saturated heterocycles. The SMILES string of the molecule is COc1ccc([C@H]2CC(=O)C3=C(C2)NC(C)=C(C(=O)OC(C)C)[C@H]3c2cc(Cl)c(O)c(OC)c2)cc1. The summed E-state index contributed by atoms with van der Waals surface area (Å²) in [5.41, 5.74) is 3.81. The van der Waals surface area contributed by atoms with Crippen molar-refractivity contribution in [2.45, 2.75) is 51.6 Å². The minimum Gasteiger partial charge on any atom is -0.503 e. The first-order valence-electron chi connectivity index (χ1n) is 11.8. The van der Waals surface area contributed by atoms with Crippen LogP contribution in [0.4, 0.5) is 0 Å². The van der Waals surface area contributed by atoms with Gasteiger partial charge in [-0.3, -0.25) is 4.79 Å². The normalized spacial score (nSPS) is 19.7. The molecule has 0 fully saturated rings. The first-order valence-corrected chi connectivity index (χ1v) is 12.2. The number of dihydropyridines is 1. The van der Waals surface area contributed by atoms with Crippen LogP contribution in [0.15, 0.2) is 58.9 Å². The van der Waals surface area contributed by atoms with E-state index in [-0.39, 0.29) is 40.7 Å². The number of carbonyl (C=O) groups is 2. The van der Waals surface area contributed by atoms with Crippen molar-refractivity contribution >= 4 is 23.4 Å². The Morgan fingerprint density at radius 1 is 1.08 bits per heavy atom. The standard InChI is InChI=1S/C28H30ClNO6/c1-14(2)36-28(33)24-15(3)30-21-11-17(16-6-8-19(34-4)9-7-16)12-22(31)26(21)25(24)18-10-20(29)27(32)23(13-18)35-5/h6-10,13-14,17,25,30,32H,11-12H2,1-5H3/t17-,25-/m1/s1. The van der Waals surface area contributed by atoms with Gasteiger partial charge in [-0.05, 0) is 68.5 Å². The highest BCUT2D eigenvalue weighted by molar-refractivity contribution is 6.32. The Morgan fingerprint density at radius 2 is 1.78 bits per heavy atom. The van der Waals surface area contributed by atoms with Crippen molar-refractivity contribution in [3.05, 3.63) is 75.1 Å². The van der Waals surface area contributed by atoms with Crippen molar-refractivity contribution in [1.29, 1.82) is 0 Å². The smallest absolute Gasteiger partial charge is 0.337 e. The minimum absolute atomic E-state index is 0.0230. The van der Waals surface area contributed by atoms with Crippen molar-refractivity contribution < 1.29 is 28.9 Å². The number of esters is 1. The van der Waals surface area contributed by atoms with Gasteiger partial charge in [0.05, 0.1) is 30.9 Å². The molecule has 1 heterocycles. The van der Waals surface area contributed by atoms with Gasteiger partial charge in [0.15, 0.2) is 17.3 Å². The summed E-state index contributed by atoms with van der Waals surface area (Å²) in [6.07, 6.45) is 0.544. The lowest BCUT2D eigenvalue weighted by molar-refractivity contribution is -0.143. The molecule has 2 N–H and O–H groups in total.